The molecule has 2 aliphatic heterocycles. The van der Waals surface area contributed by atoms with Gasteiger partial charge in [0.2, 0.25) is 17.4 Å². The highest BCUT2D eigenvalue weighted by atomic mass is 19.4. The molecule has 1 saturated heterocycles. The fraction of sp³-hybridized carbons (Fsp3) is 0.621. The van der Waals surface area contributed by atoms with Crippen molar-refractivity contribution in [3.63, 3.8) is 0 Å². The van der Waals surface area contributed by atoms with Gasteiger partial charge in [-0.05, 0) is 37.7 Å². The Bertz CT molecular complexity index is 1310. The molecule has 10 nitrogen and oxygen atoms in total. The van der Waals surface area contributed by atoms with Crippen molar-refractivity contribution in [2.45, 2.75) is 87.8 Å². The average molecular weight is 590 g/mol. The van der Waals surface area contributed by atoms with E-state index in [2.05, 4.69) is 11.4 Å². The summed E-state index contributed by atoms with van der Waals surface area (Å²) >= 11 is 0. The number of hydrogen-bond donors (Lipinski definition) is 2. The van der Waals surface area contributed by atoms with Gasteiger partial charge in [0.15, 0.2) is 0 Å². The van der Waals surface area contributed by atoms with E-state index in [1.165, 1.54) is 11.9 Å². The van der Waals surface area contributed by atoms with Crippen LogP contribution in [-0.4, -0.2) is 76.9 Å². The maximum atomic E-state index is 14.1. The highest BCUT2D eigenvalue weighted by molar-refractivity contribution is 5.94. The number of halogens is 3. The van der Waals surface area contributed by atoms with E-state index in [4.69, 9.17) is 4.74 Å². The number of rotatable bonds is 8. The van der Waals surface area contributed by atoms with Crippen molar-refractivity contribution in [1.82, 2.24) is 20.4 Å². The van der Waals surface area contributed by atoms with E-state index in [0.717, 1.165) is 36.1 Å². The number of likely N-dealkylation sites (tertiary alicyclic amines) is 1. The molecule has 2 N–H and O–H groups in total. The van der Waals surface area contributed by atoms with E-state index in [-0.39, 0.29) is 43.7 Å². The zero-order valence-electron chi connectivity index (χ0n) is 23.4. The molecule has 1 aromatic rings. The lowest BCUT2D eigenvalue weighted by Gasteiger charge is -2.34. The van der Waals surface area contributed by atoms with Gasteiger partial charge in [-0.15, -0.1) is 0 Å². The van der Waals surface area contributed by atoms with Crippen molar-refractivity contribution in [1.29, 1.82) is 5.26 Å². The Labute approximate surface area is 241 Å². The summed E-state index contributed by atoms with van der Waals surface area (Å²) in [6.07, 6.45) is -1.84. The van der Waals surface area contributed by atoms with Gasteiger partial charge in [0.05, 0.1) is 18.7 Å². The summed E-state index contributed by atoms with van der Waals surface area (Å²) < 4.78 is 45.4. The van der Waals surface area contributed by atoms with Crippen LogP contribution in [0.15, 0.2) is 24.3 Å². The van der Waals surface area contributed by atoms with E-state index in [9.17, 15) is 37.6 Å². The summed E-state index contributed by atoms with van der Waals surface area (Å²) in [6.45, 7) is 1.57. The molecule has 0 aromatic heterocycles. The van der Waals surface area contributed by atoms with Gasteiger partial charge in [-0.3, -0.25) is 19.2 Å². The van der Waals surface area contributed by atoms with Crippen molar-refractivity contribution in [2.24, 2.45) is 11.8 Å². The van der Waals surface area contributed by atoms with Crippen LogP contribution in [0.1, 0.15) is 63.5 Å². The summed E-state index contributed by atoms with van der Waals surface area (Å²) in [5.41, 5.74) is -0.792. The summed E-state index contributed by atoms with van der Waals surface area (Å²) in [7, 11) is 1.34. The number of nitrogens with one attached hydrogen (secondary N) is 2. The largest absolute Gasteiger partial charge is 0.475 e. The van der Waals surface area contributed by atoms with E-state index >= 15 is 0 Å². The van der Waals surface area contributed by atoms with Crippen LogP contribution in [0.2, 0.25) is 0 Å². The minimum absolute atomic E-state index is 0.0102. The number of hydrogen-bond acceptors (Lipinski definition) is 6. The van der Waals surface area contributed by atoms with Crippen LogP contribution >= 0.6 is 0 Å². The van der Waals surface area contributed by atoms with Gasteiger partial charge >= 0.3 is 12.1 Å². The number of carbonyl (C=O) groups excluding carboxylic acids is 4. The summed E-state index contributed by atoms with van der Waals surface area (Å²) in [5, 5.41) is 14.8. The molecule has 4 aliphatic rings. The second-order valence-electron chi connectivity index (χ2n) is 12.0. The molecule has 4 amide bonds. The third-order valence-corrected chi connectivity index (χ3v) is 8.69. The Morgan fingerprint density at radius 3 is 2.45 bits per heavy atom. The van der Waals surface area contributed by atoms with Crippen LogP contribution in [0.3, 0.4) is 0 Å². The predicted molar refractivity (Wildman–Crippen MR) is 141 cm³/mol. The maximum absolute atomic E-state index is 14.1. The van der Waals surface area contributed by atoms with Crippen LogP contribution in [0.4, 0.5) is 13.2 Å². The van der Waals surface area contributed by atoms with Crippen molar-refractivity contribution in [2.75, 3.05) is 13.6 Å². The number of nitrogens with zero attached hydrogens (tertiary/aromatic N) is 3. The zero-order chi connectivity index (χ0) is 30.4. The number of alkyl halides is 3. The van der Waals surface area contributed by atoms with Gasteiger partial charge < -0.3 is 25.2 Å². The summed E-state index contributed by atoms with van der Waals surface area (Å²) in [6, 6.07) is 5.25. The first-order valence-corrected chi connectivity index (χ1v) is 14.3. The van der Waals surface area contributed by atoms with E-state index < -0.39 is 53.5 Å². The molecule has 3 unspecified atom stereocenters. The van der Waals surface area contributed by atoms with Crippen molar-refractivity contribution in [3.05, 3.63) is 29.8 Å². The van der Waals surface area contributed by atoms with E-state index in [1.807, 2.05) is 17.4 Å². The minimum Gasteiger partial charge on any atom is -0.475 e. The SMILES string of the molecule is CC1NC(=O)[C@]2(C[C@@H](C#N)N(C(=O)C(CC3CC3)N(C)C(=O)C(CC3CC3)NC(=O)C(F)(F)F)C2)Oc2ccccc21. The Kier molecular flexibility index (Phi) is 7.85. The fourth-order valence-electron chi connectivity index (χ4n) is 5.88. The lowest BCUT2D eigenvalue weighted by Crippen LogP contribution is -2.58. The first-order chi connectivity index (χ1) is 19.8. The number of benzene rings is 1. The highest BCUT2D eigenvalue weighted by Gasteiger charge is 2.56. The van der Waals surface area contributed by atoms with Gasteiger partial charge in [0.1, 0.15) is 23.9 Å². The molecule has 5 atom stereocenters. The van der Waals surface area contributed by atoms with Crippen molar-refractivity contribution < 1.29 is 37.1 Å². The maximum Gasteiger partial charge on any atom is 0.471 e. The number of para-hydroxylation sites is 1. The van der Waals surface area contributed by atoms with Crippen LogP contribution in [-0.2, 0) is 19.2 Å². The van der Waals surface area contributed by atoms with Gasteiger partial charge in [0.25, 0.3) is 5.91 Å². The van der Waals surface area contributed by atoms with Crippen molar-refractivity contribution >= 4 is 23.6 Å². The van der Waals surface area contributed by atoms with Crippen LogP contribution in [0.5, 0.6) is 5.75 Å². The molecule has 0 bridgehead atoms. The third kappa shape index (κ3) is 6.03. The van der Waals surface area contributed by atoms with Gasteiger partial charge in [-0.2, -0.15) is 18.4 Å². The molecule has 1 aromatic carbocycles. The standard InChI is InChI=1S/C29H34F3N5O5/c1-16-20-5-3-4-6-23(20)42-28(26(40)34-16)13-19(14-33)37(15-28)25(39)22(12-18-9-10-18)36(2)24(38)21(11-17-7-8-17)35-27(41)29(30,31)32/h3-6,16-19,21-22H,7-13,15H2,1-2H3,(H,34,40)(H,35,41)/t16?,19-,21?,22?,28+/m0/s1. The van der Waals surface area contributed by atoms with Crippen molar-refractivity contribution in [3.8, 4) is 11.8 Å². The lowest BCUT2D eigenvalue weighted by molar-refractivity contribution is -0.175. The molecule has 2 aliphatic carbocycles. The zero-order valence-corrected chi connectivity index (χ0v) is 23.4. The molecule has 2 saturated carbocycles. The fourth-order valence-corrected chi connectivity index (χ4v) is 5.88. The van der Waals surface area contributed by atoms with Gasteiger partial charge in [0, 0.05) is 19.0 Å². The number of nitriles is 1. The van der Waals surface area contributed by atoms with E-state index in [1.54, 1.807) is 19.1 Å². The van der Waals surface area contributed by atoms with Crippen LogP contribution < -0.4 is 15.4 Å². The van der Waals surface area contributed by atoms with E-state index in [0.29, 0.717) is 5.75 Å². The normalized spacial score (nSPS) is 26.7. The number of ether oxygens (including phenoxy) is 1. The molecule has 226 valence electrons. The van der Waals surface area contributed by atoms with Gasteiger partial charge in [-0.1, -0.05) is 43.9 Å². The van der Waals surface area contributed by atoms with Crippen LogP contribution in [0.25, 0.3) is 0 Å². The number of likely N-dealkylation sites (N-methyl/N-ethyl adjacent to an activating group) is 1. The molecule has 2 heterocycles. The lowest BCUT2D eigenvalue weighted by atomic mass is 9.99. The highest BCUT2D eigenvalue weighted by Crippen LogP contribution is 2.41. The topological polar surface area (TPSA) is 132 Å². The Morgan fingerprint density at radius 1 is 1.19 bits per heavy atom. The number of carbonyl (C=O) groups is 4. The molecular formula is C29H34F3N5O5. The van der Waals surface area contributed by atoms with Crippen LogP contribution in [0, 0.1) is 23.2 Å². The first-order valence-electron chi connectivity index (χ1n) is 14.3. The first kappa shape index (κ1) is 29.7. The molecule has 5 rings (SSSR count). The minimum atomic E-state index is -5.16. The number of amides is 4. The molecular weight excluding hydrogens is 555 g/mol. The Hall–Kier alpha value is -3.82. The Balaban J connectivity index is 1.40. The van der Waals surface area contributed by atoms with Gasteiger partial charge in [-0.25, -0.2) is 0 Å². The molecule has 13 heteroatoms. The molecule has 3 fully saturated rings. The molecule has 0 radical (unpaired) electrons. The summed E-state index contributed by atoms with van der Waals surface area (Å²) in [5.74, 6) is -3.47. The third-order valence-electron chi connectivity index (χ3n) is 8.69. The second kappa shape index (κ2) is 11.1. The second-order valence-corrected chi connectivity index (χ2v) is 12.0. The Morgan fingerprint density at radius 2 is 1.83 bits per heavy atom. The quantitative estimate of drug-likeness (QED) is 0.479. The molecule has 42 heavy (non-hydrogen) atoms. The smallest absolute Gasteiger partial charge is 0.471 e. The predicted octanol–water partition coefficient (Wildman–Crippen LogP) is 2.59. The molecule has 1 spiro atoms. The monoisotopic (exact) mass is 589 g/mol. The summed E-state index contributed by atoms with van der Waals surface area (Å²) in [4.78, 5) is 55.2. The average Bonchev–Trinajstić information content (AvgIpc) is 3.88. The number of fused-ring (bicyclic) bond motifs is 1.